The number of rotatable bonds is 6. The predicted molar refractivity (Wildman–Crippen MR) is 147 cm³/mol. The van der Waals surface area contributed by atoms with E-state index in [1.807, 2.05) is 36.4 Å². The van der Waals surface area contributed by atoms with Crippen molar-refractivity contribution in [3.8, 4) is 11.3 Å². The summed E-state index contributed by atoms with van der Waals surface area (Å²) in [6, 6.07) is 16.6. The molecule has 2 unspecified atom stereocenters. The second-order valence-corrected chi connectivity index (χ2v) is 13.1. The molecular formula is C30H24ClF3N2O4S. The Morgan fingerprint density at radius 2 is 1.59 bits per heavy atom. The second kappa shape index (κ2) is 10.6. The van der Waals surface area contributed by atoms with Crippen LogP contribution in [0, 0.1) is 29.3 Å². The van der Waals surface area contributed by atoms with Crippen molar-refractivity contribution in [1.82, 2.24) is 5.16 Å². The van der Waals surface area contributed by atoms with Gasteiger partial charge in [0.1, 0.15) is 0 Å². The zero-order valence-corrected chi connectivity index (χ0v) is 23.1. The smallest absolute Gasteiger partial charge is 0.255 e. The maximum atomic E-state index is 14.0. The number of carbonyl (C=O) groups excluding carboxylic acids is 1. The Labute approximate surface area is 239 Å². The summed E-state index contributed by atoms with van der Waals surface area (Å²) in [7, 11) is -3.95. The molecule has 11 heteroatoms. The Hall–Kier alpha value is -3.63. The summed E-state index contributed by atoms with van der Waals surface area (Å²) in [5.41, 5.74) is 1.33. The molecular weight excluding hydrogens is 577 g/mol. The maximum absolute atomic E-state index is 14.0. The van der Waals surface area contributed by atoms with E-state index in [1.165, 1.54) is 18.2 Å². The van der Waals surface area contributed by atoms with Crippen LogP contribution in [0.25, 0.3) is 11.3 Å². The van der Waals surface area contributed by atoms with Crippen LogP contribution in [0.5, 0.6) is 0 Å². The van der Waals surface area contributed by atoms with Gasteiger partial charge in [0.05, 0.1) is 20.9 Å². The summed E-state index contributed by atoms with van der Waals surface area (Å²) in [4.78, 5) is 12.7. The normalized spacial score (nSPS) is 22.0. The molecule has 2 fully saturated rings. The van der Waals surface area contributed by atoms with Crippen LogP contribution < -0.4 is 5.32 Å². The van der Waals surface area contributed by atoms with Crippen LogP contribution in [0.1, 0.15) is 47.7 Å². The average Bonchev–Trinajstić information content (AvgIpc) is 3.55. The molecule has 2 atom stereocenters. The molecule has 0 aliphatic heterocycles. The standard InChI is InChI=1S/C30H24ClF3N2O4S/c31-22-9-8-19(30(37)35-21-13-23(32)28(34)24(33)14-21)12-27(22)41(38,39)29-17-6-7-18(29)11-20(10-17)25-15-26(40-36-25)16-4-2-1-3-5-16/h1-5,8-9,12-15,17-18,20,29H,6-7,10-11H2,(H,35,37)/t17?,18?,20-,29+. The number of anilines is 1. The van der Waals surface area contributed by atoms with Crippen LogP contribution in [0.3, 0.4) is 0 Å². The third kappa shape index (κ3) is 5.15. The number of benzene rings is 3. The Bertz CT molecular complexity index is 1710. The van der Waals surface area contributed by atoms with Gasteiger partial charge in [-0.25, -0.2) is 21.6 Å². The lowest BCUT2D eigenvalue weighted by Gasteiger charge is -2.34. The molecule has 2 aliphatic rings. The Kier molecular flexibility index (Phi) is 7.15. The van der Waals surface area contributed by atoms with Crippen molar-refractivity contribution < 1.29 is 30.9 Å². The van der Waals surface area contributed by atoms with E-state index >= 15 is 0 Å². The first kappa shape index (κ1) is 27.5. The number of halogens is 4. The lowest BCUT2D eigenvalue weighted by Crippen LogP contribution is -2.37. The van der Waals surface area contributed by atoms with Gasteiger partial charge in [-0.3, -0.25) is 4.79 Å². The first-order valence-corrected chi connectivity index (χ1v) is 15.1. The molecule has 6 nitrogen and oxygen atoms in total. The van der Waals surface area contributed by atoms with Gasteiger partial charge in [-0.15, -0.1) is 0 Å². The Morgan fingerprint density at radius 1 is 0.927 bits per heavy atom. The van der Waals surface area contributed by atoms with Gasteiger partial charge >= 0.3 is 0 Å². The highest BCUT2D eigenvalue weighted by molar-refractivity contribution is 7.92. The van der Waals surface area contributed by atoms with Crippen molar-refractivity contribution in [2.45, 2.75) is 41.7 Å². The van der Waals surface area contributed by atoms with Gasteiger partial charge in [-0.05, 0) is 55.7 Å². The molecule has 1 N–H and O–H groups in total. The molecule has 0 spiro atoms. The number of hydrogen-bond donors (Lipinski definition) is 1. The number of carbonyl (C=O) groups is 1. The molecule has 41 heavy (non-hydrogen) atoms. The van der Waals surface area contributed by atoms with E-state index in [4.69, 9.17) is 16.1 Å². The number of aromatic nitrogens is 1. The van der Waals surface area contributed by atoms with Crippen molar-refractivity contribution in [1.29, 1.82) is 0 Å². The molecule has 3 aromatic carbocycles. The number of amides is 1. The first-order valence-electron chi connectivity index (χ1n) is 13.1. The van der Waals surface area contributed by atoms with Gasteiger partial charge in [0, 0.05) is 40.9 Å². The highest BCUT2D eigenvalue weighted by Gasteiger charge is 2.50. The summed E-state index contributed by atoms with van der Waals surface area (Å²) >= 11 is 6.35. The largest absolute Gasteiger partial charge is 0.356 e. The zero-order chi connectivity index (χ0) is 28.9. The van der Waals surface area contributed by atoms with E-state index in [2.05, 4.69) is 10.5 Å². The van der Waals surface area contributed by atoms with E-state index in [1.54, 1.807) is 0 Å². The average molecular weight is 601 g/mol. The topological polar surface area (TPSA) is 89.3 Å². The molecule has 0 radical (unpaired) electrons. The van der Waals surface area contributed by atoms with Gasteiger partial charge in [0.2, 0.25) is 0 Å². The summed E-state index contributed by atoms with van der Waals surface area (Å²) in [6.45, 7) is 0. The third-order valence-corrected chi connectivity index (χ3v) is 11.0. The van der Waals surface area contributed by atoms with Gasteiger partial charge in [0.15, 0.2) is 33.0 Å². The van der Waals surface area contributed by atoms with Crippen molar-refractivity contribution in [2.24, 2.45) is 11.8 Å². The van der Waals surface area contributed by atoms with Crippen LogP contribution in [0.2, 0.25) is 5.02 Å². The molecule has 0 saturated heterocycles. The summed E-state index contributed by atoms with van der Waals surface area (Å²) in [6.07, 6.45) is 2.74. The predicted octanol–water partition coefficient (Wildman–Crippen LogP) is 7.41. The van der Waals surface area contributed by atoms with Gasteiger partial charge in [0.25, 0.3) is 5.91 Å². The first-order chi connectivity index (χ1) is 19.6. The minimum atomic E-state index is -3.95. The quantitative estimate of drug-likeness (QED) is 0.233. The van der Waals surface area contributed by atoms with Gasteiger partial charge < -0.3 is 9.84 Å². The lowest BCUT2D eigenvalue weighted by atomic mass is 9.79. The van der Waals surface area contributed by atoms with Crippen LogP contribution in [-0.2, 0) is 9.84 Å². The molecule has 2 aliphatic carbocycles. The van der Waals surface area contributed by atoms with Crippen molar-refractivity contribution in [3.63, 3.8) is 0 Å². The highest BCUT2D eigenvalue weighted by Crippen LogP contribution is 2.52. The summed E-state index contributed by atoms with van der Waals surface area (Å²) < 4.78 is 74.0. The number of sulfone groups is 1. The summed E-state index contributed by atoms with van der Waals surface area (Å²) in [5, 5.41) is 5.88. The maximum Gasteiger partial charge on any atom is 0.255 e. The van der Waals surface area contributed by atoms with Crippen LogP contribution in [0.4, 0.5) is 18.9 Å². The fourth-order valence-electron chi connectivity index (χ4n) is 6.28. The van der Waals surface area contributed by atoms with E-state index in [-0.39, 0.29) is 38.9 Å². The van der Waals surface area contributed by atoms with Crippen molar-refractivity contribution in [2.75, 3.05) is 5.32 Å². The van der Waals surface area contributed by atoms with Crippen molar-refractivity contribution in [3.05, 3.63) is 100 Å². The highest BCUT2D eigenvalue weighted by atomic mass is 35.5. The lowest BCUT2D eigenvalue weighted by molar-refractivity contribution is 0.102. The Morgan fingerprint density at radius 3 is 2.24 bits per heavy atom. The zero-order valence-electron chi connectivity index (χ0n) is 21.5. The SMILES string of the molecule is O=C(Nc1cc(F)c(F)c(F)c1)c1ccc(Cl)c(S(=O)(=O)[C@H]2C3CCC2C[C@H](c2cc(-c4ccccc4)on2)C3)c1. The molecule has 2 saturated carbocycles. The number of hydrogen-bond acceptors (Lipinski definition) is 5. The van der Waals surface area contributed by atoms with Crippen molar-refractivity contribution >= 4 is 33.0 Å². The van der Waals surface area contributed by atoms with E-state index in [0.29, 0.717) is 30.7 Å². The minimum absolute atomic E-state index is 0.0223. The van der Waals surface area contributed by atoms with E-state index < -0.39 is 38.4 Å². The van der Waals surface area contributed by atoms with Gasteiger partial charge in [-0.1, -0.05) is 47.1 Å². The molecule has 2 bridgehead atoms. The number of nitrogens with one attached hydrogen (secondary N) is 1. The number of fused-ring (bicyclic) bond motifs is 2. The monoisotopic (exact) mass is 600 g/mol. The fraction of sp³-hybridized carbons (Fsp3) is 0.267. The fourth-order valence-corrected chi connectivity index (χ4v) is 9.15. The second-order valence-electron chi connectivity index (χ2n) is 10.6. The van der Waals surface area contributed by atoms with E-state index in [9.17, 15) is 26.4 Å². The molecule has 4 aromatic rings. The van der Waals surface area contributed by atoms with Crippen LogP contribution in [0.15, 0.2) is 76.1 Å². The molecule has 6 rings (SSSR count). The summed E-state index contributed by atoms with van der Waals surface area (Å²) in [5.74, 6) is -4.94. The van der Waals surface area contributed by atoms with Gasteiger partial charge in [-0.2, -0.15) is 0 Å². The van der Waals surface area contributed by atoms with Crippen LogP contribution >= 0.6 is 11.6 Å². The molecule has 1 aromatic heterocycles. The van der Waals surface area contributed by atoms with E-state index in [0.717, 1.165) is 24.1 Å². The molecule has 1 amide bonds. The molecule has 212 valence electrons. The third-order valence-electron chi connectivity index (χ3n) is 8.12. The Balaban J connectivity index is 1.22. The molecule has 1 heterocycles. The number of nitrogens with zero attached hydrogens (tertiary/aromatic N) is 1. The minimum Gasteiger partial charge on any atom is -0.356 e. The van der Waals surface area contributed by atoms with Crippen LogP contribution in [-0.4, -0.2) is 24.7 Å².